The summed E-state index contributed by atoms with van der Waals surface area (Å²) in [5, 5.41) is 6.03. The maximum absolute atomic E-state index is 12.0. The topological polar surface area (TPSA) is 93.4 Å². The second kappa shape index (κ2) is 7.85. The second-order valence-corrected chi connectivity index (χ2v) is 4.98. The van der Waals surface area contributed by atoms with E-state index < -0.39 is 5.91 Å². The van der Waals surface area contributed by atoms with Crippen molar-refractivity contribution in [3.05, 3.63) is 24.3 Å². The molecule has 7 heteroatoms. The van der Waals surface area contributed by atoms with Crippen LogP contribution < -0.4 is 21.1 Å². The highest BCUT2D eigenvalue weighted by Gasteiger charge is 2.28. The number of rotatable bonds is 6. The van der Waals surface area contributed by atoms with Gasteiger partial charge in [0.15, 0.2) is 6.61 Å². The van der Waals surface area contributed by atoms with Crippen LogP contribution in [0.5, 0.6) is 5.75 Å². The number of nitrogens with one attached hydrogen (secondary N) is 2. The average Bonchev–Trinajstić information content (AvgIpc) is 2.35. The molecule has 4 N–H and O–H groups in total. The molecule has 0 radical (unpaired) electrons. The summed E-state index contributed by atoms with van der Waals surface area (Å²) in [7, 11) is 0. The number of primary amides is 1. The highest BCUT2D eigenvalue weighted by Crippen LogP contribution is 2.20. The molecular formula is C14H20ClN3O3. The molecule has 0 spiro atoms. The molecule has 1 aliphatic rings. The van der Waals surface area contributed by atoms with Crippen LogP contribution in [-0.4, -0.2) is 31.5 Å². The van der Waals surface area contributed by atoms with Gasteiger partial charge in [-0.05, 0) is 43.3 Å². The lowest BCUT2D eigenvalue weighted by atomic mass is 9.88. The van der Waals surface area contributed by atoms with Crippen molar-refractivity contribution in [1.29, 1.82) is 0 Å². The van der Waals surface area contributed by atoms with Crippen LogP contribution in [0.2, 0.25) is 0 Å². The molecule has 0 bridgehead atoms. The Morgan fingerprint density at radius 1 is 1.38 bits per heavy atom. The van der Waals surface area contributed by atoms with Gasteiger partial charge in [0.25, 0.3) is 5.91 Å². The van der Waals surface area contributed by atoms with Gasteiger partial charge in [-0.15, -0.1) is 12.4 Å². The Morgan fingerprint density at radius 2 is 2.00 bits per heavy atom. The first-order valence-electron chi connectivity index (χ1n) is 6.59. The third-order valence-electron chi connectivity index (χ3n) is 3.44. The van der Waals surface area contributed by atoms with Crippen LogP contribution in [0.1, 0.15) is 6.92 Å². The first-order chi connectivity index (χ1) is 9.56. The molecule has 1 aromatic rings. The minimum Gasteiger partial charge on any atom is -0.484 e. The van der Waals surface area contributed by atoms with E-state index in [9.17, 15) is 9.59 Å². The van der Waals surface area contributed by atoms with Gasteiger partial charge in [0, 0.05) is 11.6 Å². The Bertz CT molecular complexity index is 489. The molecule has 1 saturated heterocycles. The molecule has 6 nitrogen and oxygen atoms in total. The summed E-state index contributed by atoms with van der Waals surface area (Å²) >= 11 is 0. The highest BCUT2D eigenvalue weighted by molar-refractivity contribution is 5.92. The number of benzene rings is 1. The van der Waals surface area contributed by atoms with Gasteiger partial charge >= 0.3 is 0 Å². The molecule has 2 rings (SSSR count). The van der Waals surface area contributed by atoms with E-state index in [-0.39, 0.29) is 30.8 Å². The number of amides is 2. The van der Waals surface area contributed by atoms with Gasteiger partial charge < -0.3 is 21.1 Å². The van der Waals surface area contributed by atoms with E-state index in [1.54, 1.807) is 24.3 Å². The molecule has 0 aromatic heterocycles. The van der Waals surface area contributed by atoms with Crippen molar-refractivity contribution in [3.8, 4) is 5.75 Å². The Morgan fingerprint density at radius 3 is 2.48 bits per heavy atom. The molecule has 1 heterocycles. The van der Waals surface area contributed by atoms with Crippen molar-refractivity contribution in [2.45, 2.75) is 6.92 Å². The number of anilines is 1. The van der Waals surface area contributed by atoms with Crippen LogP contribution >= 0.6 is 12.4 Å². The molecule has 1 aromatic carbocycles. The standard InChI is InChI=1S/C14H19N3O3.ClH/c1-9(10-6-16-7-10)14(19)17-11-2-4-12(5-3-11)20-8-13(15)18;/h2-5,9-10,16H,6-8H2,1H3,(H2,15,18)(H,17,19);1H. The molecule has 1 fully saturated rings. The van der Waals surface area contributed by atoms with Gasteiger partial charge in [-0.1, -0.05) is 6.92 Å². The molecule has 2 amide bonds. The van der Waals surface area contributed by atoms with E-state index >= 15 is 0 Å². The summed E-state index contributed by atoms with van der Waals surface area (Å²) in [5.41, 5.74) is 5.70. The first-order valence-corrected chi connectivity index (χ1v) is 6.59. The number of carbonyl (C=O) groups is 2. The van der Waals surface area contributed by atoms with Crippen LogP contribution in [-0.2, 0) is 9.59 Å². The summed E-state index contributed by atoms with van der Waals surface area (Å²) in [6.07, 6.45) is 0. The monoisotopic (exact) mass is 313 g/mol. The molecule has 116 valence electrons. The van der Waals surface area contributed by atoms with Crippen LogP contribution in [0, 0.1) is 11.8 Å². The smallest absolute Gasteiger partial charge is 0.255 e. The van der Waals surface area contributed by atoms with Crippen LogP contribution in [0.15, 0.2) is 24.3 Å². The van der Waals surface area contributed by atoms with E-state index in [0.717, 1.165) is 13.1 Å². The largest absolute Gasteiger partial charge is 0.484 e. The number of halogens is 1. The number of nitrogens with two attached hydrogens (primary N) is 1. The number of hydrogen-bond donors (Lipinski definition) is 3. The third kappa shape index (κ3) is 4.91. The quantitative estimate of drug-likeness (QED) is 0.723. The van der Waals surface area contributed by atoms with Crippen LogP contribution in [0.3, 0.4) is 0 Å². The van der Waals surface area contributed by atoms with Crippen molar-refractivity contribution in [3.63, 3.8) is 0 Å². The molecule has 1 aliphatic heterocycles. The minimum absolute atomic E-state index is 0. The lowest BCUT2D eigenvalue weighted by Crippen LogP contribution is -2.48. The molecule has 1 unspecified atom stereocenters. The normalized spacial score (nSPS) is 15.3. The molecule has 21 heavy (non-hydrogen) atoms. The lowest BCUT2D eigenvalue weighted by molar-refractivity contribution is -0.121. The Balaban J connectivity index is 0.00000220. The van der Waals surface area contributed by atoms with E-state index in [2.05, 4.69) is 10.6 Å². The molecule has 1 atom stereocenters. The first kappa shape index (κ1) is 17.3. The molecule has 0 saturated carbocycles. The SMILES string of the molecule is CC(C(=O)Nc1ccc(OCC(N)=O)cc1)C1CNC1.Cl. The number of ether oxygens (including phenoxy) is 1. The zero-order valence-electron chi connectivity index (χ0n) is 11.8. The molecular weight excluding hydrogens is 294 g/mol. The fourth-order valence-corrected chi connectivity index (χ4v) is 1.92. The second-order valence-electron chi connectivity index (χ2n) is 4.98. The average molecular weight is 314 g/mol. The maximum Gasteiger partial charge on any atom is 0.255 e. The lowest BCUT2D eigenvalue weighted by Gasteiger charge is -2.31. The Hall–Kier alpha value is -1.79. The van der Waals surface area contributed by atoms with Gasteiger partial charge in [-0.25, -0.2) is 0 Å². The number of hydrogen-bond acceptors (Lipinski definition) is 4. The Kier molecular flexibility index (Phi) is 6.45. The van der Waals surface area contributed by atoms with Crippen molar-refractivity contribution < 1.29 is 14.3 Å². The van der Waals surface area contributed by atoms with Gasteiger partial charge in [0.2, 0.25) is 5.91 Å². The van der Waals surface area contributed by atoms with Gasteiger partial charge in [-0.2, -0.15) is 0 Å². The third-order valence-corrected chi connectivity index (χ3v) is 3.44. The summed E-state index contributed by atoms with van der Waals surface area (Å²) in [4.78, 5) is 22.6. The minimum atomic E-state index is -0.523. The molecule has 0 aliphatic carbocycles. The van der Waals surface area contributed by atoms with E-state index in [1.165, 1.54) is 0 Å². The van der Waals surface area contributed by atoms with Gasteiger partial charge in [-0.3, -0.25) is 9.59 Å². The van der Waals surface area contributed by atoms with E-state index in [1.807, 2.05) is 6.92 Å². The maximum atomic E-state index is 12.0. The fraction of sp³-hybridized carbons (Fsp3) is 0.429. The predicted octanol–water partition coefficient (Wildman–Crippen LogP) is 0.766. The highest BCUT2D eigenvalue weighted by atomic mass is 35.5. The number of carbonyl (C=O) groups excluding carboxylic acids is 2. The van der Waals surface area contributed by atoms with E-state index in [0.29, 0.717) is 17.4 Å². The van der Waals surface area contributed by atoms with Crippen LogP contribution in [0.4, 0.5) is 5.69 Å². The summed E-state index contributed by atoms with van der Waals surface area (Å²) in [6.45, 7) is 3.57. The zero-order valence-corrected chi connectivity index (χ0v) is 12.6. The van der Waals surface area contributed by atoms with Crippen molar-refractivity contribution in [1.82, 2.24) is 5.32 Å². The van der Waals surface area contributed by atoms with Crippen molar-refractivity contribution in [2.75, 3.05) is 25.0 Å². The van der Waals surface area contributed by atoms with E-state index in [4.69, 9.17) is 10.5 Å². The summed E-state index contributed by atoms with van der Waals surface area (Å²) < 4.78 is 5.14. The summed E-state index contributed by atoms with van der Waals surface area (Å²) in [5.74, 6) is 0.431. The van der Waals surface area contributed by atoms with Crippen molar-refractivity contribution >= 4 is 29.9 Å². The van der Waals surface area contributed by atoms with Crippen molar-refractivity contribution in [2.24, 2.45) is 17.6 Å². The summed E-state index contributed by atoms with van der Waals surface area (Å²) in [6, 6.07) is 6.85. The van der Waals surface area contributed by atoms with Gasteiger partial charge in [0.05, 0.1) is 0 Å². The zero-order chi connectivity index (χ0) is 14.5. The Labute approximate surface area is 129 Å². The predicted molar refractivity (Wildman–Crippen MR) is 82.5 cm³/mol. The van der Waals surface area contributed by atoms with Crippen LogP contribution in [0.25, 0.3) is 0 Å². The fourth-order valence-electron chi connectivity index (χ4n) is 1.92. The van der Waals surface area contributed by atoms with Gasteiger partial charge in [0.1, 0.15) is 5.75 Å².